The Bertz CT molecular complexity index is 1420. The average Bonchev–Trinajstić information content (AvgIpc) is 3.27. The van der Waals surface area contributed by atoms with Gasteiger partial charge in [-0.3, -0.25) is 29.2 Å². The highest BCUT2D eigenvalue weighted by Crippen LogP contribution is 2.29. The summed E-state index contributed by atoms with van der Waals surface area (Å²) in [5.41, 5.74) is 0.890. The van der Waals surface area contributed by atoms with Gasteiger partial charge in [-0.1, -0.05) is 51.1 Å². The van der Waals surface area contributed by atoms with E-state index in [1.165, 1.54) is 6.92 Å². The first-order valence-corrected chi connectivity index (χ1v) is 15.5. The predicted molar refractivity (Wildman–Crippen MR) is 168 cm³/mol. The van der Waals surface area contributed by atoms with Crippen LogP contribution in [-0.4, -0.2) is 78.8 Å². The molecule has 4 atom stereocenters. The summed E-state index contributed by atoms with van der Waals surface area (Å²) in [6.07, 6.45) is 3.28. The van der Waals surface area contributed by atoms with Gasteiger partial charge in [0.25, 0.3) is 11.8 Å². The molecule has 2 aliphatic heterocycles. The molecule has 2 aromatic rings. The standard InChI is InChI=1S/C33H45N5O7/c1-20(2)28-30(40)36-23(5)31(41)38(34)14-6-7-21(3)29(39)35-22(4)26-11-10-25-9-8-24(17-27(25)37-26)12-13-33(32(42)45-28)18-43-15-16-44-19-33/h8-13,17,20-23,28H,6-7,14-16,18-19,34H2,1-5H3,(H,35,39)(H,36,40)/b13-12+/t21-,22+,23-,28?/m0/s1. The van der Waals surface area contributed by atoms with Crippen molar-refractivity contribution < 1.29 is 33.4 Å². The van der Waals surface area contributed by atoms with E-state index in [4.69, 9.17) is 25.0 Å². The van der Waals surface area contributed by atoms with E-state index in [0.717, 1.165) is 21.5 Å². The number of esters is 1. The Balaban J connectivity index is 1.71. The van der Waals surface area contributed by atoms with Gasteiger partial charge in [-0.15, -0.1) is 0 Å². The summed E-state index contributed by atoms with van der Waals surface area (Å²) in [7, 11) is 0. The highest BCUT2D eigenvalue weighted by molar-refractivity contribution is 5.91. The molecule has 3 bridgehead atoms. The van der Waals surface area contributed by atoms with Crippen LogP contribution in [0.5, 0.6) is 0 Å². The number of carbonyl (C=O) groups excluding carboxylic acids is 4. The molecule has 1 unspecified atom stereocenters. The lowest BCUT2D eigenvalue weighted by Crippen LogP contribution is -2.54. The molecular weight excluding hydrogens is 578 g/mol. The second-order valence-electron chi connectivity index (χ2n) is 12.4. The van der Waals surface area contributed by atoms with Gasteiger partial charge < -0.3 is 24.8 Å². The number of rotatable bonds is 1. The maximum atomic E-state index is 13.8. The van der Waals surface area contributed by atoms with Crippen LogP contribution in [0.15, 0.2) is 36.4 Å². The molecule has 45 heavy (non-hydrogen) atoms. The van der Waals surface area contributed by atoms with Crippen molar-refractivity contribution in [3.63, 3.8) is 0 Å². The second-order valence-corrected chi connectivity index (χ2v) is 12.4. The molecule has 0 radical (unpaired) electrons. The second kappa shape index (κ2) is 14.9. The lowest BCUT2D eigenvalue weighted by molar-refractivity contribution is -0.170. The topological polar surface area (TPSA) is 162 Å². The molecular formula is C33H45N5O7. The maximum Gasteiger partial charge on any atom is 0.321 e. The minimum absolute atomic E-state index is 0.00257. The molecule has 0 saturated carbocycles. The van der Waals surface area contributed by atoms with Gasteiger partial charge in [0.15, 0.2) is 6.10 Å². The number of pyridine rings is 1. The monoisotopic (exact) mass is 623 g/mol. The van der Waals surface area contributed by atoms with Crippen molar-refractivity contribution in [3.8, 4) is 0 Å². The number of cyclic esters (lactones) is 1. The van der Waals surface area contributed by atoms with Crippen molar-refractivity contribution in [2.24, 2.45) is 23.1 Å². The van der Waals surface area contributed by atoms with Crippen molar-refractivity contribution in [2.45, 2.75) is 65.6 Å². The highest BCUT2D eigenvalue weighted by Gasteiger charge is 2.43. The number of nitrogens with one attached hydrogen (secondary N) is 2. The number of fused-ring (bicyclic) bond motifs is 2. The van der Waals surface area contributed by atoms with E-state index in [-0.39, 0.29) is 37.6 Å². The summed E-state index contributed by atoms with van der Waals surface area (Å²) in [5.74, 6) is 3.39. The molecule has 3 amide bonds. The Morgan fingerprint density at radius 2 is 1.62 bits per heavy atom. The van der Waals surface area contributed by atoms with E-state index in [0.29, 0.717) is 31.7 Å². The summed E-state index contributed by atoms with van der Waals surface area (Å²) in [6, 6.07) is 8.29. The molecule has 12 nitrogen and oxygen atoms in total. The number of hydrazine groups is 1. The number of amides is 3. The third-order valence-corrected chi connectivity index (χ3v) is 8.23. The van der Waals surface area contributed by atoms with Gasteiger partial charge in [-0.2, -0.15) is 0 Å². The summed E-state index contributed by atoms with van der Waals surface area (Å²) >= 11 is 0. The third-order valence-electron chi connectivity index (χ3n) is 8.23. The first-order valence-electron chi connectivity index (χ1n) is 15.5. The van der Waals surface area contributed by atoms with E-state index in [1.807, 2.05) is 44.2 Å². The fourth-order valence-electron chi connectivity index (χ4n) is 5.27. The fourth-order valence-corrected chi connectivity index (χ4v) is 5.27. The van der Waals surface area contributed by atoms with Crippen molar-refractivity contribution in [2.75, 3.05) is 33.0 Å². The molecule has 12 heteroatoms. The molecule has 3 heterocycles. The van der Waals surface area contributed by atoms with Gasteiger partial charge in [0.2, 0.25) is 5.91 Å². The number of nitrogens with two attached hydrogens (primary N) is 1. The van der Waals surface area contributed by atoms with Crippen LogP contribution < -0.4 is 16.5 Å². The van der Waals surface area contributed by atoms with Crippen molar-refractivity contribution in [1.29, 1.82) is 0 Å². The Kier molecular flexibility index (Phi) is 11.3. The van der Waals surface area contributed by atoms with E-state index >= 15 is 0 Å². The third kappa shape index (κ3) is 8.44. The summed E-state index contributed by atoms with van der Waals surface area (Å²) in [5, 5.41) is 7.64. The molecule has 1 aromatic heterocycles. The highest BCUT2D eigenvalue weighted by atomic mass is 16.6. The molecule has 0 aliphatic carbocycles. The van der Waals surface area contributed by atoms with Crippen LogP contribution in [0.1, 0.15) is 64.8 Å². The number of hydrogen-bond acceptors (Lipinski definition) is 9. The van der Waals surface area contributed by atoms with Gasteiger partial charge in [0.05, 0.1) is 43.7 Å². The van der Waals surface area contributed by atoms with Crippen LogP contribution in [0.25, 0.3) is 17.0 Å². The van der Waals surface area contributed by atoms with Gasteiger partial charge in [-0.25, -0.2) is 5.84 Å². The Labute approximate surface area is 264 Å². The minimum atomic E-state index is -1.33. The average molecular weight is 624 g/mol. The first-order chi connectivity index (χ1) is 21.4. The van der Waals surface area contributed by atoms with Crippen LogP contribution in [0.3, 0.4) is 0 Å². The van der Waals surface area contributed by atoms with Gasteiger partial charge >= 0.3 is 5.97 Å². The smallest absolute Gasteiger partial charge is 0.321 e. The summed E-state index contributed by atoms with van der Waals surface area (Å²) in [4.78, 5) is 57.9. The lowest BCUT2D eigenvalue weighted by atomic mass is 9.88. The minimum Gasteiger partial charge on any atom is -0.451 e. The Morgan fingerprint density at radius 1 is 0.956 bits per heavy atom. The maximum absolute atomic E-state index is 13.8. The van der Waals surface area contributed by atoms with Gasteiger partial charge in [-0.05, 0) is 50.3 Å². The van der Waals surface area contributed by atoms with Crippen molar-refractivity contribution in [3.05, 3.63) is 47.7 Å². The zero-order valence-corrected chi connectivity index (χ0v) is 26.7. The van der Waals surface area contributed by atoms with Gasteiger partial charge in [0.1, 0.15) is 11.5 Å². The Hall–Kier alpha value is -3.87. The van der Waals surface area contributed by atoms with Crippen LogP contribution in [0.4, 0.5) is 0 Å². The zero-order chi connectivity index (χ0) is 32.7. The zero-order valence-electron chi connectivity index (χ0n) is 26.7. The van der Waals surface area contributed by atoms with E-state index in [2.05, 4.69) is 10.6 Å². The summed E-state index contributed by atoms with van der Waals surface area (Å²) < 4.78 is 17.3. The largest absolute Gasteiger partial charge is 0.451 e. The normalized spacial score (nSPS) is 26.9. The van der Waals surface area contributed by atoms with E-state index in [1.54, 1.807) is 26.0 Å². The lowest BCUT2D eigenvalue weighted by Gasteiger charge is -2.30. The SMILES string of the molecule is CC(C)C1OC(=O)C2(/C=C/c3ccc4ccc(nc4c3)[C@@H](C)NC(=O)[C@@H](C)CCCN(N)C(=O)[C@H](C)NC1=O)COCCOC2. The predicted octanol–water partition coefficient (Wildman–Crippen LogP) is 2.66. The Morgan fingerprint density at radius 3 is 2.31 bits per heavy atom. The van der Waals surface area contributed by atoms with Crippen LogP contribution in [0.2, 0.25) is 0 Å². The van der Waals surface area contributed by atoms with E-state index in [9.17, 15) is 19.2 Å². The molecule has 1 saturated heterocycles. The van der Waals surface area contributed by atoms with Crippen molar-refractivity contribution >= 4 is 40.7 Å². The number of benzene rings is 1. The van der Waals surface area contributed by atoms with E-state index < -0.39 is 41.3 Å². The molecule has 1 aromatic carbocycles. The molecule has 4 rings (SSSR count). The quantitative estimate of drug-likeness (QED) is 0.246. The number of ether oxygens (including phenoxy) is 3. The summed E-state index contributed by atoms with van der Waals surface area (Å²) in [6.45, 7) is 9.54. The molecule has 244 valence electrons. The molecule has 4 N–H and O–H groups in total. The van der Waals surface area contributed by atoms with Crippen molar-refractivity contribution in [1.82, 2.24) is 20.6 Å². The fraction of sp³-hybridized carbons (Fsp3) is 0.545. The van der Waals surface area contributed by atoms with Gasteiger partial charge in [0, 0.05) is 17.8 Å². The molecule has 2 aliphatic rings. The molecule has 1 spiro atoms. The number of nitrogens with zero attached hydrogens (tertiary/aromatic N) is 2. The van der Waals surface area contributed by atoms with Crippen LogP contribution in [-0.2, 0) is 33.4 Å². The number of aromatic nitrogens is 1. The number of carbonyl (C=O) groups is 4. The first kappa shape index (κ1) is 34.0. The number of hydrogen-bond donors (Lipinski definition) is 3. The van der Waals surface area contributed by atoms with Crippen LogP contribution >= 0.6 is 0 Å². The van der Waals surface area contributed by atoms with Crippen LogP contribution in [0, 0.1) is 17.3 Å². The molecule has 1 fully saturated rings.